The van der Waals surface area contributed by atoms with Crippen LogP contribution >= 0.6 is 0 Å². The molecule has 0 aromatic heterocycles. The van der Waals surface area contributed by atoms with Crippen LogP contribution in [0, 0.1) is 11.3 Å². The summed E-state index contributed by atoms with van der Waals surface area (Å²) < 4.78 is 5.62. The van der Waals surface area contributed by atoms with Gasteiger partial charge in [0, 0.05) is 26.1 Å². The normalized spacial score (nSPS) is 10.5. The Morgan fingerprint density at radius 3 is 3.00 bits per heavy atom. The number of nitriles is 1. The summed E-state index contributed by atoms with van der Waals surface area (Å²) in [6.45, 7) is 6.73. The molecule has 0 atom stereocenters. The van der Waals surface area contributed by atoms with Crippen LogP contribution in [0.1, 0.15) is 25.3 Å². The number of nitrogens with zero attached hydrogens (tertiary/aromatic N) is 2. The molecule has 0 unspecified atom stereocenters. The van der Waals surface area contributed by atoms with Gasteiger partial charge in [0.05, 0.1) is 12.7 Å². The molecule has 0 spiro atoms. The second-order valence-corrected chi connectivity index (χ2v) is 4.83. The fourth-order valence-electron chi connectivity index (χ4n) is 1.75. The Balaban J connectivity index is 2.27. The molecule has 0 saturated heterocycles. The number of ether oxygens (including phenoxy) is 1. The quantitative estimate of drug-likeness (QED) is 0.666. The maximum Gasteiger partial charge on any atom is 0.119 e. The van der Waals surface area contributed by atoms with E-state index in [1.54, 1.807) is 0 Å². The summed E-state index contributed by atoms with van der Waals surface area (Å²) in [5.74, 6) is 0.882. The Bertz CT molecular complexity index is 414. The van der Waals surface area contributed by atoms with Crippen LogP contribution in [0.2, 0.25) is 0 Å². The van der Waals surface area contributed by atoms with E-state index in [2.05, 4.69) is 42.4 Å². The van der Waals surface area contributed by atoms with Crippen molar-refractivity contribution in [2.24, 2.45) is 0 Å². The predicted molar refractivity (Wildman–Crippen MR) is 81.7 cm³/mol. The van der Waals surface area contributed by atoms with Crippen LogP contribution in [0.4, 0.5) is 0 Å². The van der Waals surface area contributed by atoms with Gasteiger partial charge in [0.15, 0.2) is 0 Å². The summed E-state index contributed by atoms with van der Waals surface area (Å²) in [6.07, 6.45) is 1.33. The maximum absolute atomic E-state index is 8.47. The molecule has 0 fully saturated rings. The fourth-order valence-corrected chi connectivity index (χ4v) is 1.75. The van der Waals surface area contributed by atoms with Crippen molar-refractivity contribution in [3.05, 3.63) is 29.8 Å². The summed E-state index contributed by atoms with van der Waals surface area (Å²) in [5.41, 5.74) is 1.22. The summed E-state index contributed by atoms with van der Waals surface area (Å²) in [7, 11) is 2.12. The van der Waals surface area contributed by atoms with Gasteiger partial charge < -0.3 is 15.0 Å². The minimum atomic E-state index is 0.548. The van der Waals surface area contributed by atoms with Gasteiger partial charge in [-0.2, -0.15) is 5.26 Å². The molecular weight excluding hydrogens is 250 g/mol. The van der Waals surface area contributed by atoms with E-state index >= 15 is 0 Å². The Labute approximate surface area is 122 Å². The van der Waals surface area contributed by atoms with Gasteiger partial charge in [0.1, 0.15) is 5.75 Å². The highest BCUT2D eigenvalue weighted by molar-refractivity contribution is 5.28. The molecule has 4 nitrogen and oxygen atoms in total. The van der Waals surface area contributed by atoms with Crippen molar-refractivity contribution in [2.75, 3.05) is 33.3 Å². The third-order valence-electron chi connectivity index (χ3n) is 3.14. The first-order chi connectivity index (χ1) is 9.76. The number of unbranched alkanes of at least 4 members (excludes halogenated alkanes) is 1. The lowest BCUT2D eigenvalue weighted by Gasteiger charge is -2.14. The molecule has 0 saturated carbocycles. The molecule has 4 heteroatoms. The molecule has 0 aliphatic heterocycles. The van der Waals surface area contributed by atoms with E-state index < -0.39 is 0 Å². The monoisotopic (exact) mass is 275 g/mol. The van der Waals surface area contributed by atoms with Crippen LogP contribution < -0.4 is 10.1 Å². The zero-order chi connectivity index (χ0) is 14.6. The van der Waals surface area contributed by atoms with Crippen LogP contribution in [0.15, 0.2) is 24.3 Å². The average molecular weight is 275 g/mol. The number of likely N-dealkylation sites (N-methyl/N-ethyl adjacent to an activating group) is 1. The van der Waals surface area contributed by atoms with Gasteiger partial charge in [-0.15, -0.1) is 0 Å². The van der Waals surface area contributed by atoms with E-state index in [0.717, 1.165) is 38.3 Å². The molecule has 20 heavy (non-hydrogen) atoms. The number of hydrogen-bond acceptors (Lipinski definition) is 4. The highest BCUT2D eigenvalue weighted by Gasteiger charge is 1.98. The number of hydrogen-bond donors (Lipinski definition) is 1. The first-order valence-electron chi connectivity index (χ1n) is 7.24. The SMILES string of the molecule is CCN(C)CCNCc1cccc(OCCCC#N)c1. The van der Waals surface area contributed by atoms with Gasteiger partial charge in [-0.1, -0.05) is 19.1 Å². The van der Waals surface area contributed by atoms with Gasteiger partial charge in [-0.05, 0) is 37.7 Å². The van der Waals surface area contributed by atoms with E-state index in [0.29, 0.717) is 13.0 Å². The number of nitrogens with one attached hydrogen (secondary N) is 1. The molecule has 1 N–H and O–H groups in total. The van der Waals surface area contributed by atoms with Crippen molar-refractivity contribution in [1.82, 2.24) is 10.2 Å². The molecule has 1 aromatic carbocycles. The Kier molecular flexibility index (Phi) is 8.44. The largest absolute Gasteiger partial charge is 0.494 e. The van der Waals surface area contributed by atoms with Crippen molar-refractivity contribution in [1.29, 1.82) is 5.26 Å². The highest BCUT2D eigenvalue weighted by Crippen LogP contribution is 2.13. The third-order valence-corrected chi connectivity index (χ3v) is 3.14. The first-order valence-corrected chi connectivity index (χ1v) is 7.24. The van der Waals surface area contributed by atoms with Gasteiger partial charge in [0.25, 0.3) is 0 Å². The van der Waals surface area contributed by atoms with Crippen molar-refractivity contribution in [3.63, 3.8) is 0 Å². The van der Waals surface area contributed by atoms with Crippen molar-refractivity contribution >= 4 is 0 Å². The van der Waals surface area contributed by atoms with Gasteiger partial charge in [-0.3, -0.25) is 0 Å². The van der Waals surface area contributed by atoms with Crippen molar-refractivity contribution < 1.29 is 4.74 Å². The summed E-state index contributed by atoms with van der Waals surface area (Å²) >= 11 is 0. The lowest BCUT2D eigenvalue weighted by Crippen LogP contribution is -2.28. The van der Waals surface area contributed by atoms with Gasteiger partial charge in [-0.25, -0.2) is 0 Å². The molecule has 0 aliphatic carbocycles. The van der Waals surface area contributed by atoms with E-state index in [4.69, 9.17) is 10.00 Å². The molecule has 0 bridgehead atoms. The molecule has 0 amide bonds. The Morgan fingerprint density at radius 2 is 2.25 bits per heavy atom. The summed E-state index contributed by atoms with van der Waals surface area (Å²) in [5, 5.41) is 11.9. The van der Waals surface area contributed by atoms with E-state index in [1.807, 2.05) is 12.1 Å². The van der Waals surface area contributed by atoms with Crippen LogP contribution in [0.3, 0.4) is 0 Å². The standard InChI is InChI=1S/C16H25N3O/c1-3-19(2)11-10-18-14-15-7-6-8-16(13-15)20-12-5-4-9-17/h6-8,13,18H,3-5,10-12,14H2,1-2H3. The summed E-state index contributed by atoms with van der Waals surface area (Å²) in [4.78, 5) is 2.28. The van der Waals surface area contributed by atoms with Crippen molar-refractivity contribution in [3.8, 4) is 11.8 Å². The molecule has 110 valence electrons. The average Bonchev–Trinajstić information content (AvgIpc) is 2.48. The van der Waals surface area contributed by atoms with Crippen LogP contribution in [0.25, 0.3) is 0 Å². The van der Waals surface area contributed by atoms with Gasteiger partial charge in [0.2, 0.25) is 0 Å². The Morgan fingerprint density at radius 1 is 1.40 bits per heavy atom. The topological polar surface area (TPSA) is 48.3 Å². The molecule has 1 aromatic rings. The predicted octanol–water partition coefficient (Wildman–Crippen LogP) is 2.41. The zero-order valence-corrected chi connectivity index (χ0v) is 12.6. The van der Waals surface area contributed by atoms with E-state index in [9.17, 15) is 0 Å². The fraction of sp³-hybridized carbons (Fsp3) is 0.562. The maximum atomic E-state index is 8.47. The third kappa shape index (κ3) is 7.13. The molecular formula is C16H25N3O. The second-order valence-electron chi connectivity index (χ2n) is 4.83. The van der Waals surface area contributed by atoms with E-state index in [-0.39, 0.29) is 0 Å². The number of rotatable bonds is 10. The molecule has 0 radical (unpaired) electrons. The molecule has 1 rings (SSSR count). The summed E-state index contributed by atoms with van der Waals surface area (Å²) in [6, 6.07) is 10.2. The first kappa shape index (κ1) is 16.5. The minimum absolute atomic E-state index is 0.548. The van der Waals surface area contributed by atoms with Gasteiger partial charge >= 0.3 is 0 Å². The molecule has 0 heterocycles. The molecule has 0 aliphatic rings. The smallest absolute Gasteiger partial charge is 0.119 e. The lowest BCUT2D eigenvalue weighted by atomic mass is 10.2. The minimum Gasteiger partial charge on any atom is -0.494 e. The van der Waals surface area contributed by atoms with E-state index in [1.165, 1.54) is 5.56 Å². The van der Waals surface area contributed by atoms with Crippen LogP contribution in [-0.4, -0.2) is 38.2 Å². The van der Waals surface area contributed by atoms with Crippen molar-refractivity contribution in [2.45, 2.75) is 26.3 Å². The number of benzene rings is 1. The van der Waals surface area contributed by atoms with Crippen LogP contribution in [-0.2, 0) is 6.54 Å². The highest BCUT2D eigenvalue weighted by atomic mass is 16.5. The zero-order valence-electron chi connectivity index (χ0n) is 12.6. The van der Waals surface area contributed by atoms with Crippen LogP contribution in [0.5, 0.6) is 5.75 Å². The Hall–Kier alpha value is -1.57. The second kappa shape index (κ2) is 10.2. The lowest BCUT2D eigenvalue weighted by molar-refractivity contribution is 0.312.